The third-order valence-corrected chi connectivity index (χ3v) is 6.97. The van der Waals surface area contributed by atoms with E-state index in [1.807, 2.05) is 0 Å². The number of rotatable bonds is 5. The Morgan fingerprint density at radius 2 is 1.91 bits per heavy atom. The van der Waals surface area contributed by atoms with Gasteiger partial charge in [-0.2, -0.15) is 0 Å². The van der Waals surface area contributed by atoms with Crippen LogP contribution in [0.3, 0.4) is 0 Å². The van der Waals surface area contributed by atoms with Crippen molar-refractivity contribution in [3.05, 3.63) is 63.7 Å². The van der Waals surface area contributed by atoms with E-state index in [0.717, 1.165) is 4.90 Å². The fraction of sp³-hybridized carbons (Fsp3) is 0.304. The molecule has 0 radical (unpaired) electrons. The Bertz CT molecular complexity index is 1290. The lowest BCUT2D eigenvalue weighted by Gasteiger charge is -2.29. The maximum absolute atomic E-state index is 13.8. The first kappa shape index (κ1) is 21.7. The molecule has 4 N–H and O–H groups in total. The number of nitro benzene ring substituents is 1. The Hall–Kier alpha value is -4.12. The van der Waals surface area contributed by atoms with Crippen molar-refractivity contribution >= 4 is 40.7 Å². The van der Waals surface area contributed by atoms with Crippen molar-refractivity contribution < 1.29 is 24.1 Å². The standard InChI is InChI=1S/C23H21N5O6/c1-11-6-7-12(10-16(11)28(33)34)27-20(30)18-15(8-9-17(24)29)26-23(19(18)21(27)31)13-4-2-3-5-14(13)25-22(23)32/h2-7,10,15,18-19,26H,8-9H2,1H3,(H2,24,29)(H,25,32)/t15-,18+,19+,23-/m1/s1. The van der Waals surface area contributed by atoms with Crippen molar-refractivity contribution in [3.63, 3.8) is 0 Å². The average molecular weight is 463 g/mol. The summed E-state index contributed by atoms with van der Waals surface area (Å²) in [6, 6.07) is 10.3. The van der Waals surface area contributed by atoms with Crippen LogP contribution in [0, 0.1) is 28.9 Å². The van der Waals surface area contributed by atoms with Gasteiger partial charge in [0.25, 0.3) is 5.69 Å². The first-order valence-electron chi connectivity index (χ1n) is 10.8. The summed E-state index contributed by atoms with van der Waals surface area (Å²) in [6.07, 6.45) is 0.103. The number of imide groups is 1. The number of carbonyl (C=O) groups excluding carboxylic acids is 4. The molecule has 0 aliphatic carbocycles. The van der Waals surface area contributed by atoms with Crippen LogP contribution >= 0.6 is 0 Å². The van der Waals surface area contributed by atoms with Gasteiger partial charge in [-0.15, -0.1) is 0 Å². The molecule has 0 aromatic heterocycles. The number of aryl methyl sites for hydroxylation is 1. The number of nitrogens with one attached hydrogen (secondary N) is 2. The van der Waals surface area contributed by atoms with Gasteiger partial charge in [-0.3, -0.25) is 34.6 Å². The summed E-state index contributed by atoms with van der Waals surface area (Å²) in [5.41, 5.74) is 5.10. The molecule has 174 valence electrons. The molecule has 3 aliphatic rings. The Balaban J connectivity index is 1.64. The molecule has 2 aromatic carbocycles. The number of primary amides is 1. The average Bonchev–Trinajstić information content (AvgIpc) is 3.37. The topological polar surface area (TPSA) is 165 Å². The molecule has 11 nitrogen and oxygen atoms in total. The molecule has 3 aliphatic heterocycles. The minimum absolute atomic E-state index is 0.0439. The van der Waals surface area contributed by atoms with E-state index in [4.69, 9.17) is 5.73 Å². The number of anilines is 2. The van der Waals surface area contributed by atoms with E-state index >= 15 is 0 Å². The van der Waals surface area contributed by atoms with Crippen LogP contribution in [0.4, 0.5) is 17.1 Å². The fourth-order valence-electron chi connectivity index (χ4n) is 5.49. The van der Waals surface area contributed by atoms with Gasteiger partial charge in [0.05, 0.1) is 22.4 Å². The minimum atomic E-state index is -1.51. The number of amides is 4. The molecule has 2 fully saturated rings. The highest BCUT2D eigenvalue weighted by molar-refractivity contribution is 6.26. The van der Waals surface area contributed by atoms with Crippen molar-refractivity contribution in [1.29, 1.82) is 0 Å². The molecule has 2 saturated heterocycles. The highest BCUT2D eigenvalue weighted by Gasteiger charge is 2.70. The quantitative estimate of drug-likeness (QED) is 0.339. The van der Waals surface area contributed by atoms with Crippen LogP contribution in [-0.2, 0) is 24.7 Å². The van der Waals surface area contributed by atoms with Crippen molar-refractivity contribution in [2.45, 2.75) is 31.3 Å². The van der Waals surface area contributed by atoms with Crippen molar-refractivity contribution in [2.75, 3.05) is 10.2 Å². The second-order valence-corrected chi connectivity index (χ2v) is 8.81. The first-order chi connectivity index (χ1) is 16.2. The summed E-state index contributed by atoms with van der Waals surface area (Å²) in [6.45, 7) is 1.56. The molecule has 4 amide bonds. The smallest absolute Gasteiger partial charge is 0.274 e. The highest BCUT2D eigenvalue weighted by atomic mass is 16.6. The lowest BCUT2D eigenvalue weighted by molar-refractivity contribution is -0.385. The number of para-hydroxylation sites is 1. The van der Waals surface area contributed by atoms with Crippen LogP contribution in [-0.4, -0.2) is 34.6 Å². The molecule has 4 atom stereocenters. The SMILES string of the molecule is Cc1ccc(N2C(=O)[C@@H]3[C@@H](C2=O)[C@@]2(N[C@@H]3CCC(N)=O)C(=O)Nc3ccccc32)cc1[N+](=O)[O-]. The maximum atomic E-state index is 13.8. The number of hydrogen-bond acceptors (Lipinski definition) is 7. The Kier molecular flexibility index (Phi) is 4.76. The zero-order valence-electron chi connectivity index (χ0n) is 18.1. The van der Waals surface area contributed by atoms with Crippen LogP contribution in [0.25, 0.3) is 0 Å². The summed E-state index contributed by atoms with van der Waals surface area (Å²) in [7, 11) is 0. The van der Waals surface area contributed by atoms with E-state index in [-0.39, 0.29) is 24.2 Å². The summed E-state index contributed by atoms with van der Waals surface area (Å²) in [5, 5.41) is 17.4. The van der Waals surface area contributed by atoms with E-state index in [9.17, 15) is 29.3 Å². The zero-order valence-corrected chi connectivity index (χ0v) is 18.1. The predicted octanol–water partition coefficient (Wildman–Crippen LogP) is 1.09. The van der Waals surface area contributed by atoms with Gasteiger partial charge in [0.15, 0.2) is 0 Å². The monoisotopic (exact) mass is 463 g/mol. The predicted molar refractivity (Wildman–Crippen MR) is 119 cm³/mol. The molecule has 34 heavy (non-hydrogen) atoms. The Morgan fingerprint density at radius 3 is 2.62 bits per heavy atom. The highest BCUT2D eigenvalue weighted by Crippen LogP contribution is 2.54. The lowest BCUT2D eigenvalue weighted by Crippen LogP contribution is -2.53. The van der Waals surface area contributed by atoms with Crippen LogP contribution in [0.15, 0.2) is 42.5 Å². The van der Waals surface area contributed by atoms with Crippen LogP contribution < -0.4 is 21.3 Å². The number of fused-ring (bicyclic) bond motifs is 4. The van der Waals surface area contributed by atoms with Gasteiger partial charge < -0.3 is 11.1 Å². The van der Waals surface area contributed by atoms with Gasteiger partial charge in [-0.05, 0) is 25.5 Å². The summed E-state index contributed by atoms with van der Waals surface area (Å²) in [5.74, 6) is -4.30. The van der Waals surface area contributed by atoms with E-state index < -0.39 is 52.0 Å². The number of carbonyl (C=O) groups is 4. The maximum Gasteiger partial charge on any atom is 0.274 e. The second kappa shape index (κ2) is 7.45. The first-order valence-corrected chi connectivity index (χ1v) is 10.8. The Morgan fingerprint density at radius 1 is 1.18 bits per heavy atom. The van der Waals surface area contributed by atoms with E-state index in [1.54, 1.807) is 31.2 Å². The third-order valence-electron chi connectivity index (χ3n) is 6.97. The van der Waals surface area contributed by atoms with Crippen LogP contribution in [0.5, 0.6) is 0 Å². The molecule has 3 heterocycles. The van der Waals surface area contributed by atoms with E-state index in [1.165, 1.54) is 18.2 Å². The summed E-state index contributed by atoms with van der Waals surface area (Å²) >= 11 is 0. The van der Waals surface area contributed by atoms with Crippen molar-refractivity contribution in [1.82, 2.24) is 5.32 Å². The van der Waals surface area contributed by atoms with Gasteiger partial charge in [-0.25, -0.2) is 4.90 Å². The van der Waals surface area contributed by atoms with Crippen molar-refractivity contribution in [3.8, 4) is 0 Å². The molecule has 11 heteroatoms. The normalized spacial score (nSPS) is 27.1. The molecule has 2 aromatic rings. The van der Waals surface area contributed by atoms with E-state index in [2.05, 4.69) is 10.6 Å². The molecule has 0 bridgehead atoms. The lowest BCUT2D eigenvalue weighted by atomic mass is 9.76. The molecule has 0 unspecified atom stereocenters. The molecule has 1 spiro atoms. The van der Waals surface area contributed by atoms with Gasteiger partial charge >= 0.3 is 0 Å². The molecular weight excluding hydrogens is 442 g/mol. The zero-order chi connectivity index (χ0) is 24.4. The number of nitrogens with two attached hydrogens (primary N) is 1. The van der Waals surface area contributed by atoms with Gasteiger partial charge in [0, 0.05) is 35.3 Å². The van der Waals surface area contributed by atoms with Crippen LogP contribution in [0.1, 0.15) is 24.0 Å². The van der Waals surface area contributed by atoms with Gasteiger partial charge in [-0.1, -0.05) is 24.3 Å². The number of nitro groups is 1. The molecular formula is C23H21N5O6. The van der Waals surface area contributed by atoms with Gasteiger partial charge in [0.1, 0.15) is 5.54 Å². The number of benzene rings is 2. The largest absolute Gasteiger partial charge is 0.370 e. The Labute approximate surface area is 193 Å². The fourth-order valence-corrected chi connectivity index (χ4v) is 5.49. The number of hydrogen-bond donors (Lipinski definition) is 3. The molecule has 5 rings (SSSR count). The second-order valence-electron chi connectivity index (χ2n) is 8.81. The van der Waals surface area contributed by atoms with Crippen molar-refractivity contribution in [2.24, 2.45) is 17.6 Å². The van der Waals surface area contributed by atoms with E-state index in [0.29, 0.717) is 16.8 Å². The number of nitrogens with zero attached hydrogens (tertiary/aromatic N) is 2. The summed E-state index contributed by atoms with van der Waals surface area (Å²) in [4.78, 5) is 64.0. The van der Waals surface area contributed by atoms with Crippen LogP contribution in [0.2, 0.25) is 0 Å². The minimum Gasteiger partial charge on any atom is -0.370 e. The molecule has 0 saturated carbocycles. The third kappa shape index (κ3) is 2.86. The van der Waals surface area contributed by atoms with Gasteiger partial charge in [0.2, 0.25) is 23.6 Å². The summed E-state index contributed by atoms with van der Waals surface area (Å²) < 4.78 is 0.